The van der Waals surface area contributed by atoms with E-state index in [2.05, 4.69) is 20.5 Å². The standard InChI is InChI=1S/C11H18N4O4/c1-5(16)6(9(18)19)12-8(17)7-13-10(15-14-7)11(2,3)4/h5-6,16H,1-4H3,(H,12,17)(H,18,19)(H,13,14,15)/t5-,6+/m1/s1. The number of aromatic amines is 1. The highest BCUT2D eigenvalue weighted by atomic mass is 16.4. The number of hydrogen-bond donors (Lipinski definition) is 4. The number of amides is 1. The van der Waals surface area contributed by atoms with Crippen molar-refractivity contribution in [3.8, 4) is 0 Å². The molecule has 8 heteroatoms. The van der Waals surface area contributed by atoms with Gasteiger partial charge < -0.3 is 15.5 Å². The van der Waals surface area contributed by atoms with Crippen LogP contribution in [0.15, 0.2) is 0 Å². The minimum Gasteiger partial charge on any atom is -0.480 e. The van der Waals surface area contributed by atoms with Crippen LogP contribution in [0.4, 0.5) is 0 Å². The SMILES string of the molecule is C[C@@H](O)[C@H](NC(=O)c1n[nH]c(C(C)(C)C)n1)C(=O)O. The molecule has 0 bridgehead atoms. The van der Waals surface area contributed by atoms with Crippen LogP contribution in [-0.2, 0) is 10.2 Å². The molecule has 1 rings (SSSR count). The molecule has 19 heavy (non-hydrogen) atoms. The van der Waals surface area contributed by atoms with Crippen molar-refractivity contribution in [2.75, 3.05) is 0 Å². The first-order valence-electron chi connectivity index (χ1n) is 5.77. The van der Waals surface area contributed by atoms with Crippen LogP contribution < -0.4 is 5.32 Å². The number of aliphatic carboxylic acids is 1. The quantitative estimate of drug-likeness (QED) is 0.593. The lowest BCUT2D eigenvalue weighted by Crippen LogP contribution is -2.47. The fourth-order valence-corrected chi connectivity index (χ4v) is 1.29. The van der Waals surface area contributed by atoms with Gasteiger partial charge in [0.2, 0.25) is 5.82 Å². The molecule has 1 amide bonds. The van der Waals surface area contributed by atoms with Crippen LogP contribution in [0.25, 0.3) is 0 Å². The zero-order chi connectivity index (χ0) is 14.8. The number of carbonyl (C=O) groups excluding carboxylic acids is 1. The number of nitrogens with one attached hydrogen (secondary N) is 2. The molecule has 2 atom stereocenters. The molecule has 4 N–H and O–H groups in total. The first kappa shape index (κ1) is 15.1. The van der Waals surface area contributed by atoms with E-state index >= 15 is 0 Å². The average molecular weight is 270 g/mol. The molecular weight excluding hydrogens is 252 g/mol. The second kappa shape index (κ2) is 5.35. The molecule has 8 nitrogen and oxygen atoms in total. The topological polar surface area (TPSA) is 128 Å². The lowest BCUT2D eigenvalue weighted by Gasteiger charge is -2.15. The maximum atomic E-state index is 11.8. The number of carboxylic acids is 1. The summed E-state index contributed by atoms with van der Waals surface area (Å²) in [7, 11) is 0. The molecule has 0 saturated heterocycles. The molecule has 0 radical (unpaired) electrons. The van der Waals surface area contributed by atoms with Gasteiger partial charge in [-0.25, -0.2) is 9.78 Å². The molecule has 0 spiro atoms. The number of rotatable bonds is 4. The second-order valence-electron chi connectivity index (χ2n) is 5.29. The van der Waals surface area contributed by atoms with Gasteiger partial charge in [-0.2, -0.15) is 0 Å². The monoisotopic (exact) mass is 270 g/mol. The summed E-state index contributed by atoms with van der Waals surface area (Å²) >= 11 is 0. The van der Waals surface area contributed by atoms with Crippen molar-refractivity contribution in [1.82, 2.24) is 20.5 Å². The summed E-state index contributed by atoms with van der Waals surface area (Å²) in [6.45, 7) is 6.96. The number of carbonyl (C=O) groups is 2. The van der Waals surface area contributed by atoms with Crippen molar-refractivity contribution in [3.05, 3.63) is 11.6 Å². The summed E-state index contributed by atoms with van der Waals surface area (Å²) in [6, 6.07) is -1.40. The average Bonchev–Trinajstić information content (AvgIpc) is 2.73. The molecule has 0 aliphatic carbocycles. The number of H-pyrrole nitrogens is 1. The summed E-state index contributed by atoms with van der Waals surface area (Å²) in [6.07, 6.45) is -1.22. The van der Waals surface area contributed by atoms with E-state index in [1.165, 1.54) is 6.92 Å². The first-order chi connectivity index (χ1) is 8.62. The third kappa shape index (κ3) is 3.75. The molecule has 0 aromatic carbocycles. The van der Waals surface area contributed by atoms with Gasteiger partial charge >= 0.3 is 5.97 Å². The number of aliphatic hydroxyl groups is 1. The van der Waals surface area contributed by atoms with Gasteiger partial charge in [0.1, 0.15) is 5.82 Å². The summed E-state index contributed by atoms with van der Waals surface area (Å²) in [5, 5.41) is 26.6. The van der Waals surface area contributed by atoms with E-state index < -0.39 is 24.0 Å². The summed E-state index contributed by atoms with van der Waals surface area (Å²) in [5.74, 6) is -1.71. The minimum atomic E-state index is -1.40. The van der Waals surface area contributed by atoms with Gasteiger partial charge in [0, 0.05) is 5.41 Å². The maximum Gasteiger partial charge on any atom is 0.328 e. The summed E-state index contributed by atoms with van der Waals surface area (Å²) < 4.78 is 0. The van der Waals surface area contributed by atoms with Crippen LogP contribution in [0, 0.1) is 0 Å². The van der Waals surface area contributed by atoms with E-state index in [9.17, 15) is 14.7 Å². The predicted octanol–water partition coefficient (Wildman–Crippen LogP) is -0.334. The van der Waals surface area contributed by atoms with Crippen LogP contribution in [0.5, 0.6) is 0 Å². The zero-order valence-electron chi connectivity index (χ0n) is 11.3. The Morgan fingerprint density at radius 2 is 1.95 bits per heavy atom. The van der Waals surface area contributed by atoms with Crippen LogP contribution in [0.1, 0.15) is 44.1 Å². The Balaban J connectivity index is 2.84. The minimum absolute atomic E-state index is 0.156. The normalized spacial score (nSPS) is 14.8. The Labute approximate surface area is 110 Å². The third-order valence-electron chi connectivity index (χ3n) is 2.43. The smallest absolute Gasteiger partial charge is 0.328 e. The van der Waals surface area contributed by atoms with E-state index in [-0.39, 0.29) is 11.2 Å². The van der Waals surface area contributed by atoms with Crippen molar-refractivity contribution in [1.29, 1.82) is 0 Å². The summed E-state index contributed by atoms with van der Waals surface area (Å²) in [4.78, 5) is 26.6. The molecule has 106 valence electrons. The highest BCUT2D eigenvalue weighted by Gasteiger charge is 2.28. The van der Waals surface area contributed by atoms with Gasteiger partial charge in [-0.15, -0.1) is 5.10 Å². The highest BCUT2D eigenvalue weighted by Crippen LogP contribution is 2.17. The van der Waals surface area contributed by atoms with E-state index in [1.807, 2.05) is 20.8 Å². The number of aromatic nitrogens is 3. The van der Waals surface area contributed by atoms with Crippen LogP contribution >= 0.6 is 0 Å². The summed E-state index contributed by atoms with van der Waals surface area (Å²) in [5.41, 5.74) is -0.304. The fraction of sp³-hybridized carbons (Fsp3) is 0.636. The van der Waals surface area contributed by atoms with E-state index in [0.717, 1.165) is 0 Å². The molecule has 0 fully saturated rings. The fourth-order valence-electron chi connectivity index (χ4n) is 1.29. The predicted molar refractivity (Wildman–Crippen MR) is 65.7 cm³/mol. The van der Waals surface area contributed by atoms with Crippen molar-refractivity contribution in [2.24, 2.45) is 0 Å². The lowest BCUT2D eigenvalue weighted by molar-refractivity contribution is -0.141. The molecule has 0 aliphatic rings. The van der Waals surface area contributed by atoms with Gasteiger partial charge in [-0.3, -0.25) is 9.89 Å². The second-order valence-corrected chi connectivity index (χ2v) is 5.29. The third-order valence-corrected chi connectivity index (χ3v) is 2.43. The molecule has 1 aromatic heterocycles. The van der Waals surface area contributed by atoms with Crippen LogP contribution in [0.2, 0.25) is 0 Å². The number of hydrogen-bond acceptors (Lipinski definition) is 5. The largest absolute Gasteiger partial charge is 0.480 e. The van der Waals surface area contributed by atoms with Gasteiger partial charge in [0.05, 0.1) is 6.10 Å². The van der Waals surface area contributed by atoms with Crippen molar-refractivity contribution in [3.63, 3.8) is 0 Å². The van der Waals surface area contributed by atoms with Crippen molar-refractivity contribution < 1.29 is 19.8 Å². The maximum absolute atomic E-state index is 11.8. The first-order valence-corrected chi connectivity index (χ1v) is 5.77. The van der Waals surface area contributed by atoms with E-state index in [1.54, 1.807) is 0 Å². The van der Waals surface area contributed by atoms with Crippen molar-refractivity contribution in [2.45, 2.75) is 45.3 Å². The number of carboxylic acid groups (broad SMARTS) is 1. The number of aliphatic hydroxyl groups excluding tert-OH is 1. The number of nitrogens with zero attached hydrogens (tertiary/aromatic N) is 2. The highest BCUT2D eigenvalue weighted by molar-refractivity contribution is 5.93. The molecule has 0 aliphatic heterocycles. The Morgan fingerprint density at radius 1 is 1.37 bits per heavy atom. The van der Waals surface area contributed by atoms with Gasteiger partial charge in [-0.05, 0) is 6.92 Å². The molecular formula is C11H18N4O4. The molecule has 0 saturated carbocycles. The van der Waals surface area contributed by atoms with E-state index in [4.69, 9.17) is 5.11 Å². The Hall–Kier alpha value is -1.96. The van der Waals surface area contributed by atoms with Gasteiger partial charge in [0.15, 0.2) is 6.04 Å². The van der Waals surface area contributed by atoms with Gasteiger partial charge in [-0.1, -0.05) is 20.8 Å². The molecule has 1 aromatic rings. The lowest BCUT2D eigenvalue weighted by atomic mass is 9.96. The van der Waals surface area contributed by atoms with E-state index in [0.29, 0.717) is 5.82 Å². The van der Waals surface area contributed by atoms with Crippen LogP contribution in [-0.4, -0.2) is 49.4 Å². The molecule has 1 heterocycles. The van der Waals surface area contributed by atoms with Crippen LogP contribution in [0.3, 0.4) is 0 Å². The zero-order valence-corrected chi connectivity index (χ0v) is 11.3. The molecule has 0 unspecified atom stereocenters. The Bertz CT molecular complexity index is 475. The van der Waals surface area contributed by atoms with Crippen molar-refractivity contribution >= 4 is 11.9 Å². The Kier molecular flexibility index (Phi) is 4.25. The Morgan fingerprint density at radius 3 is 2.32 bits per heavy atom. The van der Waals surface area contributed by atoms with Gasteiger partial charge in [0.25, 0.3) is 5.91 Å².